The molecule has 8 nitrogen and oxygen atoms in total. The number of rotatable bonds is 8. The Morgan fingerprint density at radius 2 is 1.78 bits per heavy atom. The lowest BCUT2D eigenvalue weighted by molar-refractivity contribution is -0.120. The minimum Gasteiger partial charge on any atom is -0.459 e. The summed E-state index contributed by atoms with van der Waals surface area (Å²) >= 11 is 2.63. The zero-order chi connectivity index (χ0) is 22.3. The molecule has 0 unspecified atom stereocenters. The van der Waals surface area contributed by atoms with Gasteiger partial charge in [0.1, 0.15) is 0 Å². The molecular weight excluding hydrogens is 448 g/mol. The number of nitrogens with one attached hydrogen (secondary N) is 3. The Morgan fingerprint density at radius 3 is 2.50 bits per heavy atom. The van der Waals surface area contributed by atoms with E-state index in [0.717, 1.165) is 5.56 Å². The first kappa shape index (κ1) is 21.5. The van der Waals surface area contributed by atoms with Crippen molar-refractivity contribution in [3.63, 3.8) is 0 Å². The number of hydrogen-bond acceptors (Lipinski definition) is 7. The number of carbonyl (C=O) groups is 3. The van der Waals surface area contributed by atoms with Crippen molar-refractivity contribution in [2.24, 2.45) is 0 Å². The molecule has 10 heteroatoms. The first-order valence-corrected chi connectivity index (χ1v) is 11.3. The Bertz CT molecular complexity index is 1200. The first-order valence-electron chi connectivity index (χ1n) is 9.56. The maximum atomic E-state index is 12.2. The van der Waals surface area contributed by atoms with E-state index in [-0.39, 0.29) is 29.9 Å². The molecule has 4 rings (SSSR count). The molecule has 0 atom stereocenters. The lowest BCUT2D eigenvalue weighted by Crippen LogP contribution is -2.24. The fourth-order valence-electron chi connectivity index (χ4n) is 2.75. The molecule has 3 aromatic heterocycles. The minimum atomic E-state index is -0.328. The van der Waals surface area contributed by atoms with E-state index in [0.29, 0.717) is 27.9 Å². The van der Waals surface area contributed by atoms with Crippen LogP contribution >= 0.6 is 22.7 Å². The quantitative estimate of drug-likeness (QED) is 0.361. The van der Waals surface area contributed by atoms with Crippen LogP contribution in [0.15, 0.2) is 70.0 Å². The molecule has 0 fully saturated rings. The van der Waals surface area contributed by atoms with Crippen LogP contribution in [-0.4, -0.2) is 22.7 Å². The molecule has 0 aliphatic heterocycles. The van der Waals surface area contributed by atoms with Gasteiger partial charge in [-0.1, -0.05) is 18.2 Å². The number of aromatic nitrogens is 1. The molecule has 0 radical (unpaired) electrons. The summed E-state index contributed by atoms with van der Waals surface area (Å²) in [5, 5.41) is 12.3. The van der Waals surface area contributed by atoms with Crippen LogP contribution in [0.5, 0.6) is 0 Å². The summed E-state index contributed by atoms with van der Waals surface area (Å²) in [5.41, 5.74) is 2.10. The maximum absolute atomic E-state index is 12.2. The van der Waals surface area contributed by atoms with Gasteiger partial charge in [-0.15, -0.1) is 22.7 Å². The summed E-state index contributed by atoms with van der Waals surface area (Å²) in [6.45, 7) is 0.345. The number of amides is 3. The fourth-order valence-corrected chi connectivity index (χ4v) is 4.07. The smallest absolute Gasteiger partial charge is 0.291 e. The largest absolute Gasteiger partial charge is 0.459 e. The van der Waals surface area contributed by atoms with E-state index in [4.69, 9.17) is 4.42 Å². The van der Waals surface area contributed by atoms with Crippen molar-refractivity contribution in [1.29, 1.82) is 0 Å². The number of nitrogens with zero attached hydrogens (tertiary/aromatic N) is 1. The van der Waals surface area contributed by atoms with E-state index in [1.165, 1.54) is 28.9 Å². The monoisotopic (exact) mass is 466 g/mol. The van der Waals surface area contributed by atoms with E-state index >= 15 is 0 Å². The minimum absolute atomic E-state index is 0.114. The highest BCUT2D eigenvalue weighted by atomic mass is 32.1. The van der Waals surface area contributed by atoms with Gasteiger partial charge in [-0.2, -0.15) is 0 Å². The zero-order valence-corrected chi connectivity index (χ0v) is 18.3. The Hall–Kier alpha value is -3.76. The molecule has 0 spiro atoms. The fraction of sp³-hybridized carbons (Fsp3) is 0.0909. The number of thiazole rings is 1. The van der Waals surface area contributed by atoms with Crippen LogP contribution in [0.25, 0.3) is 0 Å². The Morgan fingerprint density at radius 1 is 0.938 bits per heavy atom. The van der Waals surface area contributed by atoms with Crippen LogP contribution in [0.4, 0.5) is 10.8 Å². The second-order valence-electron chi connectivity index (χ2n) is 6.66. The molecule has 0 saturated carbocycles. The highest BCUT2D eigenvalue weighted by Crippen LogP contribution is 2.18. The predicted molar refractivity (Wildman–Crippen MR) is 123 cm³/mol. The van der Waals surface area contributed by atoms with Gasteiger partial charge in [0, 0.05) is 17.6 Å². The van der Waals surface area contributed by atoms with E-state index in [1.54, 1.807) is 35.7 Å². The van der Waals surface area contributed by atoms with Crippen LogP contribution in [-0.2, 0) is 17.8 Å². The third-order valence-electron chi connectivity index (χ3n) is 4.31. The molecule has 3 amide bonds. The maximum Gasteiger partial charge on any atom is 0.291 e. The summed E-state index contributed by atoms with van der Waals surface area (Å²) in [5.74, 6) is -0.487. The van der Waals surface area contributed by atoms with Crippen LogP contribution in [0, 0.1) is 0 Å². The van der Waals surface area contributed by atoms with E-state index in [9.17, 15) is 14.4 Å². The van der Waals surface area contributed by atoms with E-state index < -0.39 is 0 Å². The molecule has 4 aromatic rings. The molecule has 3 N–H and O–H groups in total. The van der Waals surface area contributed by atoms with Crippen LogP contribution in [0.2, 0.25) is 0 Å². The summed E-state index contributed by atoms with van der Waals surface area (Å²) in [6, 6.07) is 13.9. The number of thiophene rings is 1. The molecule has 0 bridgehead atoms. The average Bonchev–Trinajstić information content (AvgIpc) is 3.56. The standard InChI is InChI=1S/C22H18N4O4S2/c27-19(11-16-13-32-22(25-16)26-21(29)18-4-2-10-31-18)23-12-14-5-7-15(8-6-14)24-20(28)17-3-1-9-30-17/h1-10,13H,11-12H2,(H,23,27)(H,24,28)(H,25,26,29). The second-order valence-corrected chi connectivity index (χ2v) is 8.46. The van der Waals surface area contributed by atoms with Crippen molar-refractivity contribution < 1.29 is 18.8 Å². The van der Waals surface area contributed by atoms with Crippen molar-refractivity contribution >= 4 is 51.2 Å². The number of hydrogen-bond donors (Lipinski definition) is 3. The average molecular weight is 467 g/mol. The second kappa shape index (κ2) is 10.0. The van der Waals surface area contributed by atoms with Gasteiger partial charge in [0.25, 0.3) is 11.8 Å². The molecule has 162 valence electrons. The lowest BCUT2D eigenvalue weighted by atomic mass is 10.2. The van der Waals surface area contributed by atoms with Crippen LogP contribution in [0.3, 0.4) is 0 Å². The van der Waals surface area contributed by atoms with Gasteiger partial charge >= 0.3 is 0 Å². The molecule has 0 aliphatic rings. The van der Waals surface area contributed by atoms with Crippen molar-refractivity contribution in [2.75, 3.05) is 10.6 Å². The molecular formula is C22H18N4O4S2. The molecule has 1 aromatic carbocycles. The molecule has 3 heterocycles. The Labute approximate surface area is 191 Å². The molecule has 0 aliphatic carbocycles. The number of anilines is 2. The third-order valence-corrected chi connectivity index (χ3v) is 5.98. The third kappa shape index (κ3) is 5.68. The highest BCUT2D eigenvalue weighted by molar-refractivity contribution is 7.14. The summed E-state index contributed by atoms with van der Waals surface area (Å²) in [4.78, 5) is 41.2. The zero-order valence-electron chi connectivity index (χ0n) is 16.7. The number of benzene rings is 1. The summed E-state index contributed by atoms with van der Waals surface area (Å²) in [6.07, 6.45) is 1.55. The first-order chi connectivity index (χ1) is 15.6. The van der Waals surface area contributed by atoms with Gasteiger partial charge in [0.15, 0.2) is 10.9 Å². The Balaban J connectivity index is 1.23. The van der Waals surface area contributed by atoms with Gasteiger partial charge in [0.2, 0.25) is 5.91 Å². The van der Waals surface area contributed by atoms with Gasteiger partial charge in [-0.25, -0.2) is 4.98 Å². The number of furan rings is 1. The SMILES string of the molecule is O=C(Cc1csc(NC(=O)c2cccs2)n1)NCc1ccc(NC(=O)c2ccco2)cc1. The van der Waals surface area contributed by atoms with Crippen LogP contribution < -0.4 is 16.0 Å². The van der Waals surface area contributed by atoms with Gasteiger partial charge < -0.3 is 15.1 Å². The van der Waals surface area contributed by atoms with Crippen LogP contribution in [0.1, 0.15) is 31.5 Å². The topological polar surface area (TPSA) is 113 Å². The van der Waals surface area contributed by atoms with E-state index in [2.05, 4.69) is 20.9 Å². The van der Waals surface area contributed by atoms with Gasteiger partial charge in [-0.3, -0.25) is 19.7 Å². The molecule has 32 heavy (non-hydrogen) atoms. The van der Waals surface area contributed by atoms with E-state index in [1.807, 2.05) is 23.6 Å². The van der Waals surface area contributed by atoms with Crippen molar-refractivity contribution in [3.05, 3.63) is 87.4 Å². The van der Waals surface area contributed by atoms with Gasteiger partial charge in [0.05, 0.1) is 23.3 Å². The van der Waals surface area contributed by atoms with Crippen molar-refractivity contribution in [1.82, 2.24) is 10.3 Å². The molecule has 0 saturated heterocycles. The summed E-state index contributed by atoms with van der Waals surface area (Å²) in [7, 11) is 0. The van der Waals surface area contributed by atoms with Crippen molar-refractivity contribution in [3.8, 4) is 0 Å². The summed E-state index contributed by atoms with van der Waals surface area (Å²) < 4.78 is 5.06. The van der Waals surface area contributed by atoms with Gasteiger partial charge in [-0.05, 0) is 41.3 Å². The van der Waals surface area contributed by atoms with Crippen molar-refractivity contribution in [2.45, 2.75) is 13.0 Å². The highest BCUT2D eigenvalue weighted by Gasteiger charge is 2.12. The Kier molecular flexibility index (Phi) is 6.73. The number of carbonyl (C=O) groups excluding carboxylic acids is 3. The lowest BCUT2D eigenvalue weighted by Gasteiger charge is -2.07. The normalized spacial score (nSPS) is 10.5. The predicted octanol–water partition coefficient (Wildman–Crippen LogP) is 4.16.